The first-order valence-corrected chi connectivity index (χ1v) is 6.84. The number of pyridine rings is 1. The van der Waals surface area contributed by atoms with Crippen LogP contribution in [-0.2, 0) is 4.79 Å². The third kappa shape index (κ3) is 5.32. The molecular weight excluding hydrogens is 320 g/mol. The fourth-order valence-corrected chi connectivity index (χ4v) is 1.78. The highest BCUT2D eigenvalue weighted by Crippen LogP contribution is 2.17. The standard InChI is InChI=1S/C14H12N4O4S/c19-13(17-14(23)16-12-3-1-2-8-15-12)9-22-11-6-4-10(5-7-11)18(20)21/h1-8H,9H2,(H2,15,16,17,19,23). The number of hydrogen-bond acceptors (Lipinski definition) is 6. The summed E-state index contributed by atoms with van der Waals surface area (Å²) in [5.74, 6) is 0.389. The zero-order valence-electron chi connectivity index (χ0n) is 11.8. The zero-order valence-corrected chi connectivity index (χ0v) is 12.6. The van der Waals surface area contributed by atoms with Crippen LogP contribution in [0.1, 0.15) is 0 Å². The first kappa shape index (κ1) is 16.3. The van der Waals surface area contributed by atoms with Crippen molar-refractivity contribution in [2.45, 2.75) is 0 Å². The number of nitrogens with one attached hydrogen (secondary N) is 2. The van der Waals surface area contributed by atoms with Gasteiger partial charge in [0.2, 0.25) is 0 Å². The molecule has 0 spiro atoms. The average molecular weight is 332 g/mol. The summed E-state index contributed by atoms with van der Waals surface area (Å²) in [6, 6.07) is 10.6. The fraction of sp³-hybridized carbons (Fsp3) is 0.0714. The monoisotopic (exact) mass is 332 g/mol. The SMILES string of the molecule is O=C(COc1ccc([N+](=O)[O-])cc1)NC(=S)Nc1ccccn1. The van der Waals surface area contributed by atoms with Crippen LogP contribution in [0.4, 0.5) is 11.5 Å². The van der Waals surface area contributed by atoms with Crippen molar-refractivity contribution in [1.82, 2.24) is 10.3 Å². The molecule has 118 valence electrons. The van der Waals surface area contributed by atoms with E-state index in [1.807, 2.05) is 0 Å². The van der Waals surface area contributed by atoms with Crippen LogP contribution < -0.4 is 15.4 Å². The molecule has 0 unspecified atom stereocenters. The largest absolute Gasteiger partial charge is 0.484 e. The number of anilines is 1. The molecule has 2 aromatic rings. The zero-order chi connectivity index (χ0) is 16.7. The Morgan fingerprint density at radius 3 is 2.61 bits per heavy atom. The predicted octanol–water partition coefficient (Wildman–Crippen LogP) is 1.88. The Balaban J connectivity index is 1.78. The van der Waals surface area contributed by atoms with Gasteiger partial charge in [-0.1, -0.05) is 6.07 Å². The first-order valence-electron chi connectivity index (χ1n) is 6.44. The summed E-state index contributed by atoms with van der Waals surface area (Å²) in [5.41, 5.74) is -0.0532. The summed E-state index contributed by atoms with van der Waals surface area (Å²) in [7, 11) is 0. The Bertz CT molecular complexity index is 706. The summed E-state index contributed by atoms with van der Waals surface area (Å²) in [5, 5.41) is 15.8. The number of hydrogen-bond donors (Lipinski definition) is 2. The molecule has 0 bridgehead atoms. The van der Waals surface area contributed by atoms with Gasteiger partial charge in [-0.3, -0.25) is 20.2 Å². The second-order valence-electron chi connectivity index (χ2n) is 4.26. The number of carbonyl (C=O) groups is 1. The minimum atomic E-state index is -0.516. The highest BCUT2D eigenvalue weighted by atomic mass is 32.1. The molecular formula is C14H12N4O4S. The summed E-state index contributed by atoms with van der Waals surface area (Å²) in [6.07, 6.45) is 1.59. The number of carbonyl (C=O) groups excluding carboxylic acids is 1. The van der Waals surface area contributed by atoms with Gasteiger partial charge in [-0.05, 0) is 36.5 Å². The molecule has 23 heavy (non-hydrogen) atoms. The van der Waals surface area contributed by atoms with Crippen molar-refractivity contribution in [3.05, 3.63) is 58.8 Å². The molecule has 0 aliphatic carbocycles. The summed E-state index contributed by atoms with van der Waals surface area (Å²) in [6.45, 7) is -0.276. The van der Waals surface area contributed by atoms with Gasteiger partial charge in [-0.15, -0.1) is 0 Å². The lowest BCUT2D eigenvalue weighted by molar-refractivity contribution is -0.384. The number of benzene rings is 1. The van der Waals surface area contributed by atoms with Crippen molar-refractivity contribution in [1.29, 1.82) is 0 Å². The van der Waals surface area contributed by atoms with E-state index >= 15 is 0 Å². The molecule has 0 fully saturated rings. The van der Waals surface area contributed by atoms with E-state index in [1.165, 1.54) is 24.3 Å². The highest BCUT2D eigenvalue weighted by molar-refractivity contribution is 7.80. The molecule has 0 aliphatic rings. The molecule has 8 nitrogen and oxygen atoms in total. The van der Waals surface area contributed by atoms with Gasteiger partial charge in [0, 0.05) is 18.3 Å². The molecule has 0 saturated heterocycles. The summed E-state index contributed by atoms with van der Waals surface area (Å²) < 4.78 is 5.22. The number of aromatic nitrogens is 1. The predicted molar refractivity (Wildman–Crippen MR) is 87.2 cm³/mol. The number of nitrogens with zero attached hydrogens (tertiary/aromatic N) is 2. The third-order valence-electron chi connectivity index (χ3n) is 2.58. The van der Waals surface area contributed by atoms with Gasteiger partial charge in [-0.2, -0.15) is 0 Å². The normalized spacial score (nSPS) is 9.74. The van der Waals surface area contributed by atoms with Gasteiger partial charge in [-0.25, -0.2) is 4.98 Å². The van der Waals surface area contributed by atoms with E-state index in [-0.39, 0.29) is 17.4 Å². The number of non-ortho nitro benzene ring substituents is 1. The van der Waals surface area contributed by atoms with Gasteiger partial charge in [0.15, 0.2) is 11.7 Å². The van der Waals surface area contributed by atoms with Crippen molar-refractivity contribution in [3.63, 3.8) is 0 Å². The minimum absolute atomic E-state index is 0.0532. The van der Waals surface area contributed by atoms with Crippen LogP contribution in [-0.4, -0.2) is 27.5 Å². The fourth-order valence-electron chi connectivity index (χ4n) is 1.56. The number of nitro groups is 1. The minimum Gasteiger partial charge on any atom is -0.484 e. The van der Waals surface area contributed by atoms with Crippen molar-refractivity contribution in [2.24, 2.45) is 0 Å². The molecule has 0 radical (unpaired) electrons. The Kier molecular flexibility index (Phi) is 5.53. The van der Waals surface area contributed by atoms with Crippen LogP contribution in [0.25, 0.3) is 0 Å². The quantitative estimate of drug-likeness (QED) is 0.489. The van der Waals surface area contributed by atoms with Crippen LogP contribution >= 0.6 is 12.2 Å². The smallest absolute Gasteiger partial charge is 0.269 e. The van der Waals surface area contributed by atoms with E-state index in [0.717, 1.165) is 0 Å². The Labute approximate surface area is 136 Å². The van der Waals surface area contributed by atoms with E-state index < -0.39 is 10.8 Å². The van der Waals surface area contributed by atoms with Gasteiger partial charge in [0.25, 0.3) is 11.6 Å². The lowest BCUT2D eigenvalue weighted by atomic mass is 10.3. The number of thiocarbonyl (C=S) groups is 1. The number of nitro benzene ring substituents is 1. The molecule has 1 aromatic carbocycles. The van der Waals surface area contributed by atoms with Crippen LogP contribution in [0.5, 0.6) is 5.75 Å². The van der Waals surface area contributed by atoms with E-state index in [0.29, 0.717) is 11.6 Å². The number of ether oxygens (including phenoxy) is 1. The Morgan fingerprint density at radius 2 is 2.00 bits per heavy atom. The summed E-state index contributed by atoms with van der Waals surface area (Å²) in [4.78, 5) is 25.7. The second-order valence-corrected chi connectivity index (χ2v) is 4.67. The van der Waals surface area contributed by atoms with Crippen LogP contribution in [0, 0.1) is 10.1 Å². The van der Waals surface area contributed by atoms with Crippen LogP contribution in [0.2, 0.25) is 0 Å². The van der Waals surface area contributed by atoms with Crippen molar-refractivity contribution in [3.8, 4) is 5.75 Å². The van der Waals surface area contributed by atoms with Crippen molar-refractivity contribution < 1.29 is 14.5 Å². The topological polar surface area (TPSA) is 106 Å². The second kappa shape index (κ2) is 7.80. The summed E-state index contributed by atoms with van der Waals surface area (Å²) >= 11 is 4.98. The first-order chi connectivity index (χ1) is 11.0. The van der Waals surface area contributed by atoms with Crippen molar-refractivity contribution in [2.75, 3.05) is 11.9 Å². The maximum atomic E-state index is 11.7. The third-order valence-corrected chi connectivity index (χ3v) is 2.78. The Hall–Kier alpha value is -3.07. The number of rotatable bonds is 5. The van der Waals surface area contributed by atoms with Gasteiger partial charge in [0.1, 0.15) is 11.6 Å². The van der Waals surface area contributed by atoms with Gasteiger partial charge < -0.3 is 10.1 Å². The molecule has 9 heteroatoms. The molecule has 2 rings (SSSR count). The van der Waals surface area contributed by atoms with Gasteiger partial charge >= 0.3 is 0 Å². The highest BCUT2D eigenvalue weighted by Gasteiger charge is 2.08. The van der Waals surface area contributed by atoms with Crippen LogP contribution in [0.15, 0.2) is 48.7 Å². The Morgan fingerprint density at radius 1 is 1.26 bits per heavy atom. The van der Waals surface area contributed by atoms with Gasteiger partial charge in [0.05, 0.1) is 4.92 Å². The average Bonchev–Trinajstić information content (AvgIpc) is 2.54. The van der Waals surface area contributed by atoms with Crippen molar-refractivity contribution >= 4 is 34.7 Å². The number of amides is 1. The van der Waals surface area contributed by atoms with Crippen LogP contribution in [0.3, 0.4) is 0 Å². The molecule has 0 aliphatic heterocycles. The van der Waals surface area contributed by atoms with E-state index in [9.17, 15) is 14.9 Å². The lowest BCUT2D eigenvalue weighted by Crippen LogP contribution is -2.37. The lowest BCUT2D eigenvalue weighted by Gasteiger charge is -2.09. The maximum absolute atomic E-state index is 11.7. The molecule has 1 aromatic heterocycles. The molecule has 1 amide bonds. The van der Waals surface area contributed by atoms with E-state index in [4.69, 9.17) is 17.0 Å². The molecule has 2 N–H and O–H groups in total. The molecule has 0 atom stereocenters. The van der Waals surface area contributed by atoms with E-state index in [1.54, 1.807) is 24.4 Å². The molecule has 0 saturated carbocycles. The van der Waals surface area contributed by atoms with E-state index in [2.05, 4.69) is 15.6 Å². The molecule has 1 heterocycles. The maximum Gasteiger partial charge on any atom is 0.269 e.